The van der Waals surface area contributed by atoms with Crippen LogP contribution in [0.1, 0.15) is 23.0 Å². The number of hydrogen-bond donors (Lipinski definition) is 1. The molecule has 0 bridgehead atoms. The summed E-state index contributed by atoms with van der Waals surface area (Å²) < 4.78 is 4.82. The van der Waals surface area contributed by atoms with Crippen LogP contribution in [0.3, 0.4) is 0 Å². The average molecular weight is 276 g/mol. The molecule has 2 rings (SSSR count). The summed E-state index contributed by atoms with van der Waals surface area (Å²) in [5.74, 6) is -0.736. The summed E-state index contributed by atoms with van der Waals surface area (Å²) >= 11 is 0. The van der Waals surface area contributed by atoms with E-state index in [1.54, 1.807) is 13.8 Å². The number of carbonyl (C=O) groups is 1. The molecule has 0 aliphatic heterocycles. The zero-order chi connectivity index (χ0) is 14.9. The number of hydrogen-bond acceptors (Lipinski definition) is 5. The van der Waals surface area contributed by atoms with Crippen LogP contribution in [-0.2, 0) is 4.74 Å². The summed E-state index contributed by atoms with van der Waals surface area (Å²) in [6.07, 6.45) is 0. The van der Waals surface area contributed by atoms with Crippen molar-refractivity contribution in [1.29, 1.82) is 0 Å². The summed E-state index contributed by atoms with van der Waals surface area (Å²) in [6, 6.07) is 3.88. The fourth-order valence-corrected chi connectivity index (χ4v) is 1.96. The SMILES string of the molecule is CCOC(=O)c1c(C)[nH]c2ccc([N+](=O)[O-])cc2c1=O. The topological polar surface area (TPSA) is 102 Å². The minimum atomic E-state index is -0.736. The largest absolute Gasteiger partial charge is 0.462 e. The third-order valence-electron chi connectivity index (χ3n) is 2.86. The summed E-state index contributed by atoms with van der Waals surface area (Å²) in [5.41, 5.74) is -0.0964. The first kappa shape index (κ1) is 13.7. The van der Waals surface area contributed by atoms with Gasteiger partial charge in [-0.1, -0.05) is 0 Å². The number of nitro groups is 1. The number of pyridine rings is 1. The van der Waals surface area contributed by atoms with E-state index in [1.807, 2.05) is 0 Å². The number of nitrogens with zero attached hydrogens (tertiary/aromatic N) is 1. The van der Waals surface area contributed by atoms with E-state index in [4.69, 9.17) is 4.74 Å². The summed E-state index contributed by atoms with van der Waals surface area (Å²) in [4.78, 5) is 37.1. The number of fused-ring (bicyclic) bond motifs is 1. The second-order valence-corrected chi connectivity index (χ2v) is 4.16. The lowest BCUT2D eigenvalue weighted by Gasteiger charge is -2.07. The predicted octanol–water partition coefficient (Wildman–Crippen LogP) is 1.92. The van der Waals surface area contributed by atoms with Crippen LogP contribution in [-0.4, -0.2) is 22.5 Å². The van der Waals surface area contributed by atoms with Crippen LogP contribution in [0.5, 0.6) is 0 Å². The average Bonchev–Trinajstić information content (AvgIpc) is 2.38. The lowest BCUT2D eigenvalue weighted by Crippen LogP contribution is -2.20. The van der Waals surface area contributed by atoms with E-state index in [0.29, 0.717) is 11.2 Å². The molecule has 0 unspecified atom stereocenters. The van der Waals surface area contributed by atoms with Crippen LogP contribution in [0.15, 0.2) is 23.0 Å². The number of rotatable bonds is 3. The Hall–Kier alpha value is -2.70. The molecule has 1 N–H and O–H groups in total. The molecular formula is C13H12N2O5. The Kier molecular flexibility index (Phi) is 3.51. The maximum Gasteiger partial charge on any atom is 0.343 e. The molecule has 0 radical (unpaired) electrons. The number of aromatic nitrogens is 1. The molecule has 1 aromatic carbocycles. The zero-order valence-electron chi connectivity index (χ0n) is 10.9. The Morgan fingerprint density at radius 1 is 1.45 bits per heavy atom. The Labute approximate surface area is 113 Å². The highest BCUT2D eigenvalue weighted by Crippen LogP contribution is 2.18. The van der Waals surface area contributed by atoms with Gasteiger partial charge in [0, 0.05) is 23.3 Å². The quantitative estimate of drug-likeness (QED) is 0.524. The lowest BCUT2D eigenvalue weighted by molar-refractivity contribution is -0.384. The molecule has 0 aliphatic carbocycles. The summed E-state index contributed by atoms with van der Waals surface area (Å²) in [5, 5.41) is 10.8. The van der Waals surface area contributed by atoms with Gasteiger partial charge in [-0.2, -0.15) is 0 Å². The molecule has 7 heteroatoms. The molecule has 0 aliphatic rings. The van der Waals surface area contributed by atoms with E-state index in [9.17, 15) is 19.7 Å². The Morgan fingerprint density at radius 3 is 2.75 bits per heavy atom. The van der Waals surface area contributed by atoms with E-state index in [1.165, 1.54) is 12.1 Å². The number of nitrogens with one attached hydrogen (secondary N) is 1. The van der Waals surface area contributed by atoms with Crippen molar-refractivity contribution in [3.63, 3.8) is 0 Å². The Bertz CT molecular complexity index is 763. The number of carbonyl (C=O) groups excluding carboxylic acids is 1. The third kappa shape index (κ3) is 2.25. The van der Waals surface area contributed by atoms with Crippen LogP contribution in [0.2, 0.25) is 0 Å². The molecule has 2 aromatic rings. The predicted molar refractivity (Wildman–Crippen MR) is 71.9 cm³/mol. The molecule has 20 heavy (non-hydrogen) atoms. The smallest absolute Gasteiger partial charge is 0.343 e. The maximum atomic E-state index is 12.3. The third-order valence-corrected chi connectivity index (χ3v) is 2.86. The molecule has 0 saturated heterocycles. The molecule has 0 saturated carbocycles. The monoisotopic (exact) mass is 276 g/mol. The van der Waals surface area contributed by atoms with Crippen LogP contribution in [0.25, 0.3) is 10.9 Å². The normalized spacial score (nSPS) is 10.5. The van der Waals surface area contributed by atoms with Crippen LogP contribution < -0.4 is 5.43 Å². The van der Waals surface area contributed by atoms with Gasteiger partial charge in [-0.15, -0.1) is 0 Å². The molecule has 0 fully saturated rings. The highest BCUT2D eigenvalue weighted by atomic mass is 16.6. The number of non-ortho nitro benzene ring substituents is 1. The molecular weight excluding hydrogens is 264 g/mol. The van der Waals surface area contributed by atoms with Crippen LogP contribution >= 0.6 is 0 Å². The van der Waals surface area contributed by atoms with Gasteiger partial charge in [-0.25, -0.2) is 4.79 Å². The standard InChI is InChI=1S/C13H12N2O5/c1-3-20-13(17)11-7(2)14-10-5-4-8(15(18)19)6-9(10)12(11)16/h4-6H,3H2,1-2H3,(H,14,16). The van der Waals surface area contributed by atoms with Gasteiger partial charge in [0.25, 0.3) is 5.69 Å². The number of aromatic amines is 1. The van der Waals surface area contributed by atoms with Gasteiger partial charge in [-0.05, 0) is 19.9 Å². The first-order chi connectivity index (χ1) is 9.45. The first-order valence-corrected chi connectivity index (χ1v) is 5.93. The van der Waals surface area contributed by atoms with Gasteiger partial charge in [0.2, 0.25) is 5.43 Å². The van der Waals surface area contributed by atoms with Crippen molar-refractivity contribution in [3.05, 3.63) is 49.8 Å². The zero-order valence-corrected chi connectivity index (χ0v) is 10.9. The number of H-pyrrole nitrogens is 1. The van der Waals surface area contributed by atoms with E-state index in [2.05, 4.69) is 4.98 Å². The molecule has 1 aromatic heterocycles. The highest BCUT2D eigenvalue weighted by Gasteiger charge is 2.19. The number of esters is 1. The van der Waals surface area contributed by atoms with Gasteiger partial charge >= 0.3 is 5.97 Å². The fourth-order valence-electron chi connectivity index (χ4n) is 1.96. The molecule has 0 atom stereocenters. The second-order valence-electron chi connectivity index (χ2n) is 4.16. The Balaban J connectivity index is 2.75. The fraction of sp³-hybridized carbons (Fsp3) is 0.231. The van der Waals surface area contributed by atoms with Crippen molar-refractivity contribution in [2.75, 3.05) is 6.61 Å². The van der Waals surface area contributed by atoms with Crippen molar-refractivity contribution in [1.82, 2.24) is 4.98 Å². The minimum Gasteiger partial charge on any atom is -0.462 e. The summed E-state index contributed by atoms with van der Waals surface area (Å²) in [6.45, 7) is 3.35. The van der Waals surface area contributed by atoms with Crippen LogP contribution in [0.4, 0.5) is 5.69 Å². The number of ether oxygens (including phenoxy) is 1. The van der Waals surface area contributed by atoms with Gasteiger partial charge in [0.1, 0.15) is 5.56 Å². The first-order valence-electron chi connectivity index (χ1n) is 5.93. The van der Waals surface area contributed by atoms with Crippen molar-refractivity contribution in [3.8, 4) is 0 Å². The van der Waals surface area contributed by atoms with Crippen molar-refractivity contribution < 1.29 is 14.5 Å². The van der Waals surface area contributed by atoms with Gasteiger partial charge < -0.3 is 9.72 Å². The Morgan fingerprint density at radius 2 is 2.15 bits per heavy atom. The van der Waals surface area contributed by atoms with E-state index < -0.39 is 16.3 Å². The minimum absolute atomic E-state index is 0.0906. The van der Waals surface area contributed by atoms with Gasteiger partial charge in [0.05, 0.1) is 16.9 Å². The van der Waals surface area contributed by atoms with Gasteiger partial charge in [0.15, 0.2) is 0 Å². The molecule has 104 valence electrons. The molecule has 7 nitrogen and oxygen atoms in total. The van der Waals surface area contributed by atoms with Crippen molar-refractivity contribution in [2.24, 2.45) is 0 Å². The highest BCUT2D eigenvalue weighted by molar-refractivity contribution is 5.95. The molecule has 0 spiro atoms. The van der Waals surface area contributed by atoms with E-state index in [-0.39, 0.29) is 23.2 Å². The van der Waals surface area contributed by atoms with Gasteiger partial charge in [-0.3, -0.25) is 14.9 Å². The van der Waals surface area contributed by atoms with Crippen LogP contribution in [0, 0.1) is 17.0 Å². The lowest BCUT2D eigenvalue weighted by atomic mass is 10.1. The van der Waals surface area contributed by atoms with Crippen molar-refractivity contribution >= 4 is 22.6 Å². The van der Waals surface area contributed by atoms with E-state index in [0.717, 1.165) is 6.07 Å². The number of aryl methyl sites for hydroxylation is 1. The maximum absolute atomic E-state index is 12.3. The molecule has 1 heterocycles. The van der Waals surface area contributed by atoms with E-state index >= 15 is 0 Å². The van der Waals surface area contributed by atoms with Crippen molar-refractivity contribution in [2.45, 2.75) is 13.8 Å². The molecule has 0 amide bonds. The second kappa shape index (κ2) is 5.12. The number of nitro benzene ring substituents is 1. The number of benzene rings is 1. The summed E-state index contributed by atoms with van der Waals surface area (Å²) in [7, 11) is 0.